The topological polar surface area (TPSA) is 67.9 Å². The first-order valence-corrected chi connectivity index (χ1v) is 10.3. The molecule has 2 heterocycles. The lowest BCUT2D eigenvalue weighted by Crippen LogP contribution is -2.36. The molecule has 2 unspecified atom stereocenters. The lowest BCUT2D eigenvalue weighted by molar-refractivity contribution is -0.125. The van der Waals surface area contributed by atoms with Crippen LogP contribution in [0.4, 0.5) is 0 Å². The lowest BCUT2D eigenvalue weighted by Gasteiger charge is -2.20. The Morgan fingerprint density at radius 2 is 1.96 bits per heavy atom. The highest BCUT2D eigenvalue weighted by Gasteiger charge is 2.43. The van der Waals surface area contributed by atoms with E-state index in [4.69, 9.17) is 9.47 Å². The first-order chi connectivity index (χ1) is 13.6. The zero-order valence-electron chi connectivity index (χ0n) is 16.0. The fourth-order valence-corrected chi connectivity index (χ4v) is 4.46. The predicted molar refractivity (Wildman–Crippen MR) is 107 cm³/mol. The third-order valence-electron chi connectivity index (χ3n) is 5.44. The number of methoxy groups -OCH3 is 2. The maximum absolute atomic E-state index is 12.9. The summed E-state index contributed by atoms with van der Waals surface area (Å²) in [6.07, 6.45) is 2.07. The number of carbonyl (C=O) groups is 2. The van der Waals surface area contributed by atoms with Crippen LogP contribution in [0, 0.1) is 5.92 Å². The summed E-state index contributed by atoms with van der Waals surface area (Å²) in [5, 5.41) is 5.00. The molecule has 28 heavy (non-hydrogen) atoms. The summed E-state index contributed by atoms with van der Waals surface area (Å²) in [4.78, 5) is 28.3. The van der Waals surface area contributed by atoms with Crippen molar-refractivity contribution in [1.82, 2.24) is 10.2 Å². The van der Waals surface area contributed by atoms with E-state index in [1.807, 2.05) is 35.7 Å². The molecule has 148 valence electrons. The van der Waals surface area contributed by atoms with Crippen LogP contribution in [0.5, 0.6) is 11.5 Å². The predicted octanol–water partition coefficient (Wildman–Crippen LogP) is 2.90. The molecule has 7 heteroatoms. The minimum atomic E-state index is -0.299. The van der Waals surface area contributed by atoms with Crippen molar-refractivity contribution in [3.05, 3.63) is 46.2 Å². The normalized spacial score (nSPS) is 21.4. The van der Waals surface area contributed by atoms with Crippen molar-refractivity contribution in [2.45, 2.75) is 24.8 Å². The Labute approximate surface area is 168 Å². The second-order valence-corrected chi connectivity index (χ2v) is 8.24. The Hall–Kier alpha value is -2.54. The fraction of sp³-hybridized carbons (Fsp3) is 0.429. The molecule has 0 spiro atoms. The summed E-state index contributed by atoms with van der Waals surface area (Å²) in [5.74, 6) is 0.958. The monoisotopic (exact) mass is 400 g/mol. The van der Waals surface area contributed by atoms with Gasteiger partial charge in [0.1, 0.15) is 11.5 Å². The van der Waals surface area contributed by atoms with E-state index in [-0.39, 0.29) is 29.7 Å². The van der Waals surface area contributed by atoms with Gasteiger partial charge in [0.2, 0.25) is 5.91 Å². The van der Waals surface area contributed by atoms with Crippen molar-refractivity contribution in [2.75, 3.05) is 27.3 Å². The second-order valence-electron chi connectivity index (χ2n) is 7.29. The molecule has 2 fully saturated rings. The molecule has 1 aliphatic carbocycles. The molecule has 2 amide bonds. The SMILES string of the molecule is COc1ccc(C2CN(C(=O)c3cccs3)CC2C(=O)NC2CC2)c(OC)c1. The standard InChI is InChI=1S/C21H24N2O4S/c1-26-14-7-8-15(18(10-14)27-2)16-11-23(21(25)19-4-3-9-28-19)12-17(16)20(24)22-13-5-6-13/h3-4,7-10,13,16-17H,5-6,11-12H2,1-2H3,(H,22,24). The number of rotatable bonds is 6. The number of nitrogens with zero attached hydrogens (tertiary/aromatic N) is 1. The zero-order valence-corrected chi connectivity index (χ0v) is 16.8. The number of thiophene rings is 1. The Bertz CT molecular complexity index is 863. The molecule has 4 rings (SSSR count). The molecule has 1 aromatic heterocycles. The van der Waals surface area contributed by atoms with E-state index >= 15 is 0 Å². The molecule has 1 N–H and O–H groups in total. The first-order valence-electron chi connectivity index (χ1n) is 9.45. The quantitative estimate of drug-likeness (QED) is 0.810. The molecule has 2 aromatic rings. The number of benzene rings is 1. The smallest absolute Gasteiger partial charge is 0.263 e. The maximum Gasteiger partial charge on any atom is 0.263 e. The number of amides is 2. The van der Waals surface area contributed by atoms with Crippen LogP contribution < -0.4 is 14.8 Å². The van der Waals surface area contributed by atoms with Crippen LogP contribution in [0.15, 0.2) is 35.7 Å². The van der Waals surface area contributed by atoms with E-state index in [0.717, 1.165) is 18.4 Å². The number of nitrogens with one attached hydrogen (secondary N) is 1. The van der Waals surface area contributed by atoms with Gasteiger partial charge in [-0.15, -0.1) is 11.3 Å². The van der Waals surface area contributed by atoms with Crippen molar-refractivity contribution in [3.63, 3.8) is 0 Å². The minimum absolute atomic E-state index is 0.0193. The number of likely N-dealkylation sites (tertiary alicyclic amines) is 1. The summed E-state index contributed by atoms with van der Waals surface area (Å²) >= 11 is 1.42. The molecule has 1 saturated heterocycles. The van der Waals surface area contributed by atoms with Gasteiger partial charge < -0.3 is 19.7 Å². The van der Waals surface area contributed by atoms with Crippen molar-refractivity contribution >= 4 is 23.2 Å². The van der Waals surface area contributed by atoms with Crippen LogP contribution in [-0.2, 0) is 4.79 Å². The minimum Gasteiger partial charge on any atom is -0.497 e. The Morgan fingerprint density at radius 3 is 2.61 bits per heavy atom. The van der Waals surface area contributed by atoms with Gasteiger partial charge in [0.05, 0.1) is 25.0 Å². The van der Waals surface area contributed by atoms with Gasteiger partial charge in [-0.3, -0.25) is 9.59 Å². The molecular weight excluding hydrogens is 376 g/mol. The Morgan fingerprint density at radius 1 is 1.14 bits per heavy atom. The Kier molecular flexibility index (Phi) is 5.26. The number of carbonyl (C=O) groups excluding carboxylic acids is 2. The van der Waals surface area contributed by atoms with Gasteiger partial charge in [0.25, 0.3) is 5.91 Å². The molecule has 0 radical (unpaired) electrons. The number of ether oxygens (including phenoxy) is 2. The van der Waals surface area contributed by atoms with Gasteiger partial charge in [-0.1, -0.05) is 12.1 Å². The van der Waals surface area contributed by atoms with Crippen molar-refractivity contribution in [1.29, 1.82) is 0 Å². The fourth-order valence-electron chi connectivity index (χ4n) is 3.77. The van der Waals surface area contributed by atoms with Crippen LogP contribution in [-0.4, -0.2) is 50.1 Å². The molecule has 2 aliphatic rings. The number of hydrogen-bond acceptors (Lipinski definition) is 5. The summed E-state index contributed by atoms with van der Waals surface area (Å²) in [6, 6.07) is 9.63. The zero-order chi connectivity index (χ0) is 19.7. The highest BCUT2D eigenvalue weighted by Crippen LogP contribution is 2.40. The van der Waals surface area contributed by atoms with Crippen molar-refractivity contribution < 1.29 is 19.1 Å². The van der Waals surface area contributed by atoms with E-state index in [1.54, 1.807) is 19.1 Å². The lowest BCUT2D eigenvalue weighted by atomic mass is 9.87. The summed E-state index contributed by atoms with van der Waals surface area (Å²) in [5.41, 5.74) is 0.931. The van der Waals surface area contributed by atoms with Gasteiger partial charge in [0.15, 0.2) is 0 Å². The van der Waals surface area contributed by atoms with Gasteiger partial charge in [-0.05, 0) is 30.4 Å². The average Bonchev–Trinajstić information content (AvgIpc) is 3.21. The highest BCUT2D eigenvalue weighted by molar-refractivity contribution is 7.12. The van der Waals surface area contributed by atoms with Crippen LogP contribution in [0.25, 0.3) is 0 Å². The van der Waals surface area contributed by atoms with E-state index in [0.29, 0.717) is 29.5 Å². The van der Waals surface area contributed by atoms with Crippen LogP contribution in [0.2, 0.25) is 0 Å². The van der Waals surface area contributed by atoms with Crippen LogP contribution in [0.1, 0.15) is 34.0 Å². The summed E-state index contributed by atoms with van der Waals surface area (Å²) in [6.45, 7) is 0.900. The largest absolute Gasteiger partial charge is 0.497 e. The van der Waals surface area contributed by atoms with Gasteiger partial charge in [0, 0.05) is 36.7 Å². The van der Waals surface area contributed by atoms with Crippen LogP contribution >= 0.6 is 11.3 Å². The first kappa shape index (κ1) is 18.8. The van der Waals surface area contributed by atoms with Crippen LogP contribution in [0.3, 0.4) is 0 Å². The second kappa shape index (κ2) is 7.83. The maximum atomic E-state index is 12.9. The third-order valence-corrected chi connectivity index (χ3v) is 6.30. The van der Waals surface area contributed by atoms with E-state index in [2.05, 4.69) is 5.32 Å². The van der Waals surface area contributed by atoms with Gasteiger partial charge >= 0.3 is 0 Å². The third kappa shape index (κ3) is 3.71. The van der Waals surface area contributed by atoms with Crippen molar-refractivity contribution in [3.8, 4) is 11.5 Å². The molecule has 6 nitrogen and oxygen atoms in total. The number of hydrogen-bond donors (Lipinski definition) is 1. The molecule has 0 bridgehead atoms. The highest BCUT2D eigenvalue weighted by atomic mass is 32.1. The molecule has 1 saturated carbocycles. The Balaban J connectivity index is 1.63. The van der Waals surface area contributed by atoms with Crippen molar-refractivity contribution in [2.24, 2.45) is 5.92 Å². The van der Waals surface area contributed by atoms with Gasteiger partial charge in [-0.25, -0.2) is 0 Å². The van der Waals surface area contributed by atoms with E-state index in [1.165, 1.54) is 11.3 Å². The van der Waals surface area contributed by atoms with E-state index < -0.39 is 0 Å². The summed E-state index contributed by atoms with van der Waals surface area (Å²) in [7, 11) is 3.22. The molecule has 1 aliphatic heterocycles. The van der Waals surface area contributed by atoms with E-state index in [9.17, 15) is 9.59 Å². The average molecular weight is 401 g/mol. The molecular formula is C21H24N2O4S. The van der Waals surface area contributed by atoms with Gasteiger partial charge in [-0.2, -0.15) is 0 Å². The molecule has 1 aromatic carbocycles. The molecule has 2 atom stereocenters. The summed E-state index contributed by atoms with van der Waals surface area (Å²) < 4.78 is 10.9.